The maximum atomic E-state index is 3.52. The van der Waals surface area contributed by atoms with Gasteiger partial charge in [0, 0.05) is 12.1 Å². The number of piperidine rings is 1. The maximum Gasteiger partial charge on any atom is 0.0249 e. The summed E-state index contributed by atoms with van der Waals surface area (Å²) in [5, 5.41) is 3.52. The maximum absolute atomic E-state index is 3.52. The van der Waals surface area contributed by atoms with Crippen molar-refractivity contribution in [1.82, 2.24) is 10.2 Å². The van der Waals surface area contributed by atoms with Crippen LogP contribution in [0.5, 0.6) is 0 Å². The highest BCUT2D eigenvalue weighted by Gasteiger charge is 2.30. The van der Waals surface area contributed by atoms with Crippen molar-refractivity contribution in [2.24, 2.45) is 5.92 Å². The molecule has 0 aromatic carbocycles. The third-order valence-electron chi connectivity index (χ3n) is 4.39. The topological polar surface area (TPSA) is 15.3 Å². The lowest BCUT2D eigenvalue weighted by Gasteiger charge is -2.42. The van der Waals surface area contributed by atoms with Gasteiger partial charge in [-0.15, -0.1) is 0 Å². The average Bonchev–Trinajstić information content (AvgIpc) is 2.30. The van der Waals surface area contributed by atoms with Crippen LogP contribution in [-0.4, -0.2) is 37.1 Å². The molecule has 2 unspecified atom stereocenters. The summed E-state index contributed by atoms with van der Waals surface area (Å²) in [6.45, 7) is 5.07. The van der Waals surface area contributed by atoms with Gasteiger partial charge in [-0.1, -0.05) is 19.8 Å². The molecule has 1 saturated carbocycles. The van der Waals surface area contributed by atoms with Crippen molar-refractivity contribution in [1.29, 1.82) is 0 Å². The van der Waals surface area contributed by atoms with Crippen LogP contribution in [0, 0.1) is 5.92 Å². The van der Waals surface area contributed by atoms with Crippen LogP contribution in [0.3, 0.4) is 0 Å². The van der Waals surface area contributed by atoms with Gasteiger partial charge in [-0.05, 0) is 51.7 Å². The van der Waals surface area contributed by atoms with Gasteiger partial charge in [-0.2, -0.15) is 0 Å². The lowest BCUT2D eigenvalue weighted by Crippen LogP contribution is -2.52. The molecule has 2 aliphatic rings. The van der Waals surface area contributed by atoms with Crippen molar-refractivity contribution in [3.05, 3.63) is 0 Å². The molecule has 2 nitrogen and oxygen atoms in total. The summed E-state index contributed by atoms with van der Waals surface area (Å²) in [6, 6.07) is 1.59. The Morgan fingerprint density at radius 1 is 1.00 bits per heavy atom. The summed E-state index contributed by atoms with van der Waals surface area (Å²) in [4.78, 5) is 2.75. The van der Waals surface area contributed by atoms with Crippen LogP contribution in [0.1, 0.15) is 45.4 Å². The van der Waals surface area contributed by atoms with Gasteiger partial charge in [0.2, 0.25) is 0 Å². The Labute approximate surface area is 94.4 Å². The van der Waals surface area contributed by atoms with E-state index in [1.165, 1.54) is 51.6 Å². The summed E-state index contributed by atoms with van der Waals surface area (Å²) >= 11 is 0. The minimum Gasteiger partial charge on any atom is -0.315 e. The number of nitrogens with zero attached hydrogens (tertiary/aromatic N) is 1. The number of hydrogen-bond acceptors (Lipinski definition) is 2. The summed E-state index contributed by atoms with van der Waals surface area (Å²) in [6.07, 6.45) is 8.48. The molecular formula is C13H26N2. The van der Waals surface area contributed by atoms with Gasteiger partial charge in [0.15, 0.2) is 0 Å². The van der Waals surface area contributed by atoms with Crippen molar-refractivity contribution in [3.8, 4) is 0 Å². The first-order valence-corrected chi connectivity index (χ1v) is 6.72. The van der Waals surface area contributed by atoms with Crippen LogP contribution >= 0.6 is 0 Å². The molecule has 0 radical (unpaired) electrons. The standard InChI is InChI=1S/C13H26N2/c1-11-7-9-15(10-8-11)13-6-4-3-5-12(13)14-2/h11-14H,3-10H2,1-2H3. The monoisotopic (exact) mass is 210 g/mol. The number of likely N-dealkylation sites (tertiary alicyclic amines) is 1. The fraction of sp³-hybridized carbons (Fsp3) is 1.00. The number of likely N-dealkylation sites (N-methyl/N-ethyl adjacent to an activating group) is 1. The third-order valence-corrected chi connectivity index (χ3v) is 4.39. The van der Waals surface area contributed by atoms with E-state index >= 15 is 0 Å². The van der Waals surface area contributed by atoms with Gasteiger partial charge in [0.05, 0.1) is 0 Å². The Bertz CT molecular complexity index is 185. The van der Waals surface area contributed by atoms with E-state index in [0.717, 1.165) is 18.0 Å². The minimum absolute atomic E-state index is 0.757. The van der Waals surface area contributed by atoms with E-state index < -0.39 is 0 Å². The zero-order valence-electron chi connectivity index (χ0n) is 10.3. The van der Waals surface area contributed by atoms with E-state index in [9.17, 15) is 0 Å². The average molecular weight is 210 g/mol. The highest BCUT2D eigenvalue weighted by molar-refractivity contribution is 4.89. The van der Waals surface area contributed by atoms with Crippen molar-refractivity contribution in [2.45, 2.75) is 57.5 Å². The van der Waals surface area contributed by atoms with E-state index in [-0.39, 0.29) is 0 Å². The Balaban J connectivity index is 1.90. The number of nitrogens with one attached hydrogen (secondary N) is 1. The second kappa shape index (κ2) is 5.31. The largest absolute Gasteiger partial charge is 0.315 e. The molecule has 0 bridgehead atoms. The van der Waals surface area contributed by atoms with Crippen molar-refractivity contribution >= 4 is 0 Å². The lowest BCUT2D eigenvalue weighted by atomic mass is 9.87. The molecular weight excluding hydrogens is 184 g/mol. The second-order valence-electron chi connectivity index (χ2n) is 5.47. The highest BCUT2D eigenvalue weighted by atomic mass is 15.2. The van der Waals surface area contributed by atoms with Crippen molar-refractivity contribution < 1.29 is 0 Å². The first kappa shape index (κ1) is 11.4. The molecule has 2 fully saturated rings. The van der Waals surface area contributed by atoms with Crippen molar-refractivity contribution in [3.63, 3.8) is 0 Å². The fourth-order valence-corrected chi connectivity index (χ4v) is 3.25. The quantitative estimate of drug-likeness (QED) is 0.752. The van der Waals surface area contributed by atoms with E-state index in [2.05, 4.69) is 24.2 Å². The fourth-order valence-electron chi connectivity index (χ4n) is 3.25. The summed E-state index contributed by atoms with van der Waals surface area (Å²) < 4.78 is 0. The van der Waals surface area contributed by atoms with Crippen LogP contribution in [-0.2, 0) is 0 Å². The normalized spacial score (nSPS) is 35.6. The second-order valence-corrected chi connectivity index (χ2v) is 5.47. The molecule has 1 saturated heterocycles. The molecule has 1 aliphatic heterocycles. The van der Waals surface area contributed by atoms with Gasteiger partial charge < -0.3 is 5.32 Å². The zero-order chi connectivity index (χ0) is 10.7. The van der Waals surface area contributed by atoms with E-state index in [1.54, 1.807) is 0 Å². The first-order chi connectivity index (χ1) is 7.31. The van der Waals surface area contributed by atoms with Gasteiger partial charge in [0.1, 0.15) is 0 Å². The molecule has 2 atom stereocenters. The molecule has 0 amide bonds. The Kier molecular flexibility index (Phi) is 4.04. The first-order valence-electron chi connectivity index (χ1n) is 6.72. The van der Waals surface area contributed by atoms with Gasteiger partial charge in [-0.25, -0.2) is 0 Å². The predicted molar refractivity (Wildman–Crippen MR) is 65.1 cm³/mol. The van der Waals surface area contributed by atoms with Gasteiger partial charge >= 0.3 is 0 Å². The molecule has 1 N–H and O–H groups in total. The summed E-state index contributed by atoms with van der Waals surface area (Å²) in [7, 11) is 2.13. The van der Waals surface area contributed by atoms with E-state index in [1.807, 2.05) is 0 Å². The molecule has 1 heterocycles. The molecule has 0 aromatic heterocycles. The summed E-state index contributed by atoms with van der Waals surface area (Å²) in [5.74, 6) is 0.956. The van der Waals surface area contributed by atoms with Gasteiger partial charge in [-0.3, -0.25) is 4.90 Å². The minimum atomic E-state index is 0.757. The third kappa shape index (κ3) is 2.73. The van der Waals surface area contributed by atoms with Crippen LogP contribution in [0.2, 0.25) is 0 Å². The van der Waals surface area contributed by atoms with E-state index in [4.69, 9.17) is 0 Å². The van der Waals surface area contributed by atoms with Crippen molar-refractivity contribution in [2.75, 3.05) is 20.1 Å². The Hall–Kier alpha value is -0.0800. The molecule has 2 heteroatoms. The van der Waals surface area contributed by atoms with Crippen LogP contribution in [0.25, 0.3) is 0 Å². The van der Waals surface area contributed by atoms with Gasteiger partial charge in [0.25, 0.3) is 0 Å². The molecule has 15 heavy (non-hydrogen) atoms. The zero-order valence-corrected chi connectivity index (χ0v) is 10.3. The lowest BCUT2D eigenvalue weighted by molar-refractivity contribution is 0.0886. The SMILES string of the molecule is CNC1CCCCC1N1CCC(C)CC1. The molecule has 0 aromatic rings. The van der Waals surface area contributed by atoms with Crippen LogP contribution in [0.4, 0.5) is 0 Å². The Morgan fingerprint density at radius 2 is 1.67 bits per heavy atom. The number of rotatable bonds is 2. The highest BCUT2D eigenvalue weighted by Crippen LogP contribution is 2.27. The smallest absolute Gasteiger partial charge is 0.0249 e. The molecule has 88 valence electrons. The molecule has 2 rings (SSSR count). The Morgan fingerprint density at radius 3 is 2.33 bits per heavy atom. The van der Waals surface area contributed by atoms with Crippen LogP contribution < -0.4 is 5.32 Å². The molecule has 1 aliphatic carbocycles. The summed E-state index contributed by atoms with van der Waals surface area (Å²) in [5.41, 5.74) is 0. The van der Waals surface area contributed by atoms with E-state index in [0.29, 0.717) is 0 Å². The molecule has 0 spiro atoms. The van der Waals surface area contributed by atoms with Crippen LogP contribution in [0.15, 0.2) is 0 Å². The predicted octanol–water partition coefficient (Wildman–Crippen LogP) is 2.25. The number of hydrogen-bond donors (Lipinski definition) is 1.